The van der Waals surface area contributed by atoms with Crippen LogP contribution in [0.25, 0.3) is 0 Å². The van der Waals surface area contributed by atoms with Crippen LogP contribution in [0.15, 0.2) is 0 Å². The Bertz CT molecular complexity index is 110. The molecule has 7 heteroatoms. The summed E-state index contributed by atoms with van der Waals surface area (Å²) in [6.45, 7) is 2.17. The predicted molar refractivity (Wildman–Crippen MR) is 33.3 cm³/mol. The van der Waals surface area contributed by atoms with Crippen LogP contribution in [0.5, 0.6) is 0 Å². The van der Waals surface area contributed by atoms with Gasteiger partial charge in [0.2, 0.25) is 0 Å². The topological polar surface area (TPSA) is 76.0 Å². The number of phosphoric acid groups is 1. The monoisotopic (exact) mass is 172 g/mol. The summed E-state index contributed by atoms with van der Waals surface area (Å²) in [5.74, 6) is 0. The smallest absolute Gasteiger partial charge is 0.399 e. The summed E-state index contributed by atoms with van der Waals surface area (Å²) in [6.07, 6.45) is 0. The molecule has 2 N–H and O–H groups in total. The first kappa shape index (κ1) is 9.29. The lowest BCUT2D eigenvalue weighted by Crippen LogP contribution is -2.01. The minimum Gasteiger partial charge on any atom is -0.399 e. The highest BCUT2D eigenvalue weighted by Gasteiger charge is 2.12. The standard InChI is InChI=1S/C2H9O5PSi/c1-2-6-9-7-8(3,4)5/h2,9H2,1H3,(H2,3,4,5). The third-order valence-electron chi connectivity index (χ3n) is 0.508. The average molecular weight is 172 g/mol. The zero-order chi connectivity index (χ0) is 7.33. The summed E-state index contributed by atoms with van der Waals surface area (Å²) in [4.78, 5) is 16.2. The fourth-order valence-electron chi connectivity index (χ4n) is 0.189. The Morgan fingerprint density at radius 1 is 1.67 bits per heavy atom. The van der Waals surface area contributed by atoms with E-state index in [2.05, 4.69) is 8.64 Å². The van der Waals surface area contributed by atoms with Gasteiger partial charge in [0, 0.05) is 6.61 Å². The van der Waals surface area contributed by atoms with Crippen LogP contribution >= 0.6 is 7.82 Å². The van der Waals surface area contributed by atoms with Crippen molar-refractivity contribution in [3.05, 3.63) is 0 Å². The van der Waals surface area contributed by atoms with Gasteiger partial charge in [0.1, 0.15) is 0 Å². The second-order valence-electron chi connectivity index (χ2n) is 1.23. The van der Waals surface area contributed by atoms with Gasteiger partial charge in [-0.2, -0.15) is 0 Å². The minimum absolute atomic E-state index is 0.437. The maximum absolute atomic E-state index is 9.93. The van der Waals surface area contributed by atoms with Crippen LogP contribution in [0.4, 0.5) is 0 Å². The van der Waals surface area contributed by atoms with Gasteiger partial charge in [0.05, 0.1) is 0 Å². The summed E-state index contributed by atoms with van der Waals surface area (Å²) in [7, 11) is -5.71. The van der Waals surface area contributed by atoms with E-state index in [1.54, 1.807) is 6.92 Å². The molecule has 0 aliphatic rings. The van der Waals surface area contributed by atoms with Gasteiger partial charge in [-0.3, -0.25) is 0 Å². The van der Waals surface area contributed by atoms with Gasteiger partial charge in [0.15, 0.2) is 0 Å². The van der Waals surface area contributed by atoms with Crippen LogP contribution in [0.3, 0.4) is 0 Å². The fraction of sp³-hybridized carbons (Fsp3) is 1.00. The van der Waals surface area contributed by atoms with Gasteiger partial charge in [-0.05, 0) is 6.92 Å². The van der Waals surface area contributed by atoms with Crippen molar-refractivity contribution in [1.29, 1.82) is 0 Å². The van der Waals surface area contributed by atoms with Gasteiger partial charge < -0.3 is 18.4 Å². The molecule has 9 heavy (non-hydrogen) atoms. The maximum atomic E-state index is 9.93. The molecule has 5 nitrogen and oxygen atoms in total. The highest BCUT2D eigenvalue weighted by Crippen LogP contribution is 2.34. The Balaban J connectivity index is 3.18. The van der Waals surface area contributed by atoms with Crippen molar-refractivity contribution in [1.82, 2.24) is 0 Å². The second kappa shape index (κ2) is 4.16. The van der Waals surface area contributed by atoms with Crippen molar-refractivity contribution in [2.45, 2.75) is 6.92 Å². The summed E-state index contributed by atoms with van der Waals surface area (Å²) < 4.78 is 18.6. The maximum Gasteiger partial charge on any atom is 0.461 e. The van der Waals surface area contributed by atoms with E-state index in [1.807, 2.05) is 0 Å². The SMILES string of the molecule is CCO[SiH2]OP(=O)(O)O. The number of hydrogen-bond acceptors (Lipinski definition) is 3. The molecule has 0 heterocycles. The molecule has 0 radical (unpaired) electrons. The van der Waals surface area contributed by atoms with Crippen LogP contribution < -0.4 is 0 Å². The van der Waals surface area contributed by atoms with Crippen molar-refractivity contribution in [3.8, 4) is 0 Å². The first-order valence-electron chi connectivity index (χ1n) is 2.34. The molecule has 0 aromatic heterocycles. The molecule has 56 valence electrons. The molecular formula is C2H9O5PSi. The van der Waals surface area contributed by atoms with E-state index in [0.717, 1.165) is 0 Å². The molecule has 0 spiro atoms. The zero-order valence-electron chi connectivity index (χ0n) is 4.98. The molecule has 0 aromatic carbocycles. The summed E-state index contributed by atoms with van der Waals surface area (Å²) in [5.41, 5.74) is 0. The quantitative estimate of drug-likeness (QED) is 0.327. The van der Waals surface area contributed by atoms with Crippen molar-refractivity contribution in [2.75, 3.05) is 6.61 Å². The van der Waals surface area contributed by atoms with Crippen molar-refractivity contribution in [2.24, 2.45) is 0 Å². The van der Waals surface area contributed by atoms with Gasteiger partial charge in [0.25, 0.3) is 0 Å². The van der Waals surface area contributed by atoms with Crippen LogP contribution in [0, 0.1) is 0 Å². The highest BCUT2D eigenvalue weighted by molar-refractivity contribution is 7.47. The molecular weight excluding hydrogens is 163 g/mol. The normalized spacial score (nSPS) is 13.2. The number of hydrogen-bond donors (Lipinski definition) is 2. The zero-order valence-corrected chi connectivity index (χ0v) is 7.29. The van der Waals surface area contributed by atoms with Crippen molar-refractivity contribution >= 4 is 17.8 Å². The lowest BCUT2D eigenvalue weighted by Gasteiger charge is -2.02. The lowest BCUT2D eigenvalue weighted by molar-refractivity contribution is 0.246. The molecule has 0 unspecified atom stereocenters. The Morgan fingerprint density at radius 3 is 2.56 bits per heavy atom. The molecule has 0 rings (SSSR count). The van der Waals surface area contributed by atoms with Crippen LogP contribution in [0.2, 0.25) is 0 Å². The first-order valence-corrected chi connectivity index (χ1v) is 5.02. The molecule has 0 amide bonds. The van der Waals surface area contributed by atoms with Crippen LogP contribution in [-0.4, -0.2) is 26.4 Å². The third-order valence-corrected chi connectivity index (χ3v) is 2.85. The highest BCUT2D eigenvalue weighted by atomic mass is 31.2. The largest absolute Gasteiger partial charge is 0.461 e. The second-order valence-corrected chi connectivity index (χ2v) is 3.89. The molecule has 0 atom stereocenters. The van der Waals surface area contributed by atoms with Gasteiger partial charge in [-0.25, -0.2) is 4.57 Å². The Morgan fingerprint density at radius 2 is 2.22 bits per heavy atom. The summed E-state index contributed by atoms with van der Waals surface area (Å²) in [6, 6.07) is 0. The summed E-state index contributed by atoms with van der Waals surface area (Å²) >= 11 is 0. The van der Waals surface area contributed by atoms with E-state index < -0.39 is 17.8 Å². The van der Waals surface area contributed by atoms with Crippen LogP contribution in [0.1, 0.15) is 6.92 Å². The van der Waals surface area contributed by atoms with E-state index in [0.29, 0.717) is 6.61 Å². The van der Waals surface area contributed by atoms with E-state index in [1.165, 1.54) is 0 Å². The van der Waals surface area contributed by atoms with E-state index in [4.69, 9.17) is 9.79 Å². The van der Waals surface area contributed by atoms with Crippen molar-refractivity contribution in [3.63, 3.8) is 0 Å². The van der Waals surface area contributed by atoms with E-state index >= 15 is 0 Å². The Hall–Kier alpha value is 0.287. The summed E-state index contributed by atoms with van der Waals surface area (Å²) in [5, 5.41) is 0. The predicted octanol–water partition coefficient (Wildman–Crippen LogP) is -0.869. The molecule has 0 saturated heterocycles. The Labute approximate surface area is 55.3 Å². The van der Waals surface area contributed by atoms with E-state index in [-0.39, 0.29) is 0 Å². The minimum atomic E-state index is -4.26. The van der Waals surface area contributed by atoms with Gasteiger partial charge >= 0.3 is 17.8 Å². The molecule has 0 saturated carbocycles. The lowest BCUT2D eigenvalue weighted by atomic mass is 10.9. The molecule has 0 fully saturated rings. The molecule has 0 bridgehead atoms. The first-order chi connectivity index (χ1) is 4.06. The molecule has 0 aromatic rings. The number of rotatable bonds is 4. The average Bonchev–Trinajstić information content (AvgIpc) is 1.63. The molecule has 0 aliphatic carbocycles. The molecule has 0 aliphatic heterocycles. The Kier molecular flexibility index (Phi) is 4.29. The third kappa shape index (κ3) is 8.29. The van der Waals surface area contributed by atoms with Gasteiger partial charge in [-0.1, -0.05) is 0 Å². The van der Waals surface area contributed by atoms with Crippen molar-refractivity contribution < 1.29 is 23.0 Å². The van der Waals surface area contributed by atoms with Gasteiger partial charge in [-0.15, -0.1) is 0 Å². The van der Waals surface area contributed by atoms with E-state index in [9.17, 15) is 4.57 Å². The fourth-order valence-corrected chi connectivity index (χ4v) is 1.20. The van der Waals surface area contributed by atoms with Crippen LogP contribution in [-0.2, 0) is 13.2 Å².